The first-order valence-electron chi connectivity index (χ1n) is 10.7. The van der Waals surface area contributed by atoms with Crippen molar-refractivity contribution in [2.45, 2.75) is 114 Å². The van der Waals surface area contributed by atoms with Crippen molar-refractivity contribution in [1.29, 1.82) is 0 Å². The van der Waals surface area contributed by atoms with Crippen LogP contribution in [0.2, 0.25) is 0 Å². The molecule has 3 saturated heterocycles. The lowest BCUT2D eigenvalue weighted by Gasteiger charge is -2.42. The van der Waals surface area contributed by atoms with Gasteiger partial charge in [-0.2, -0.15) is 0 Å². The van der Waals surface area contributed by atoms with E-state index in [1.54, 1.807) is 0 Å². The lowest BCUT2D eigenvalue weighted by Crippen LogP contribution is -2.62. The Kier molecular flexibility index (Phi) is 5.36. The van der Waals surface area contributed by atoms with Crippen molar-refractivity contribution in [3.63, 3.8) is 0 Å². The Morgan fingerprint density at radius 2 is 1.38 bits per heavy atom. The van der Waals surface area contributed by atoms with E-state index in [4.69, 9.17) is 23.7 Å². The molecule has 5 rings (SSSR count). The highest BCUT2D eigenvalue weighted by Gasteiger charge is 2.64. The molecule has 0 aromatic rings. The van der Waals surface area contributed by atoms with Crippen LogP contribution in [0.1, 0.15) is 78.1 Å². The highest BCUT2D eigenvalue weighted by atomic mass is 16.9. The molecule has 0 bridgehead atoms. The Labute approximate surface area is 156 Å². The van der Waals surface area contributed by atoms with Gasteiger partial charge >= 0.3 is 0 Å². The first-order valence-corrected chi connectivity index (χ1v) is 10.7. The van der Waals surface area contributed by atoms with Crippen LogP contribution < -0.4 is 0 Å². The predicted octanol–water partition coefficient (Wildman–Crippen LogP) is 3.25. The lowest BCUT2D eigenvalue weighted by molar-refractivity contribution is -0.336. The van der Waals surface area contributed by atoms with E-state index in [0.717, 1.165) is 51.4 Å². The van der Waals surface area contributed by atoms with Gasteiger partial charge < -0.3 is 28.8 Å². The summed E-state index contributed by atoms with van der Waals surface area (Å²) in [5.41, 5.74) is 0. The van der Waals surface area contributed by atoms with Crippen molar-refractivity contribution in [3.8, 4) is 0 Å². The van der Waals surface area contributed by atoms with Crippen molar-refractivity contribution >= 4 is 0 Å². The zero-order valence-corrected chi connectivity index (χ0v) is 16.2. The topological polar surface area (TPSA) is 66.4 Å². The van der Waals surface area contributed by atoms with Gasteiger partial charge in [0.2, 0.25) is 5.79 Å². The zero-order valence-electron chi connectivity index (χ0n) is 16.2. The average molecular weight is 370 g/mol. The van der Waals surface area contributed by atoms with Crippen LogP contribution >= 0.6 is 0 Å². The van der Waals surface area contributed by atoms with E-state index in [2.05, 4.69) is 0 Å². The minimum atomic E-state index is -1.10. The number of aliphatic hydroxyl groups is 1. The molecule has 3 heterocycles. The molecule has 3 spiro atoms. The van der Waals surface area contributed by atoms with Gasteiger partial charge in [-0.3, -0.25) is 0 Å². The van der Waals surface area contributed by atoms with Crippen molar-refractivity contribution in [3.05, 3.63) is 0 Å². The SMILES string of the molecule is CC.OC1[C@@H]2OC3(CCCCC3)O[C@@H]2CO[C@]12COC1(CCCCC1)O2. The van der Waals surface area contributed by atoms with Crippen molar-refractivity contribution < 1.29 is 28.8 Å². The molecule has 150 valence electrons. The fourth-order valence-corrected chi connectivity index (χ4v) is 5.14. The van der Waals surface area contributed by atoms with Gasteiger partial charge in [-0.05, 0) is 25.7 Å². The molecule has 2 saturated carbocycles. The smallest absolute Gasteiger partial charge is 0.224 e. The van der Waals surface area contributed by atoms with E-state index in [-0.39, 0.29) is 18.8 Å². The lowest BCUT2D eigenvalue weighted by atomic mass is 9.93. The Balaban J connectivity index is 0.000000814. The van der Waals surface area contributed by atoms with E-state index in [9.17, 15) is 5.11 Å². The van der Waals surface area contributed by atoms with Gasteiger partial charge in [0, 0.05) is 25.7 Å². The number of aliphatic hydroxyl groups excluding tert-OH is 1. The van der Waals surface area contributed by atoms with E-state index in [1.165, 1.54) is 12.8 Å². The summed E-state index contributed by atoms with van der Waals surface area (Å²) < 4.78 is 30.8. The zero-order chi connectivity index (χ0) is 18.3. The molecule has 1 unspecified atom stereocenters. The Morgan fingerprint density at radius 3 is 2.04 bits per heavy atom. The first-order chi connectivity index (χ1) is 12.6. The number of fused-ring (bicyclic) bond motifs is 1. The van der Waals surface area contributed by atoms with Crippen LogP contribution in [0.5, 0.6) is 0 Å². The van der Waals surface area contributed by atoms with Crippen LogP contribution in [0, 0.1) is 0 Å². The third kappa shape index (κ3) is 3.12. The minimum absolute atomic E-state index is 0.213. The molecule has 3 aliphatic heterocycles. The summed E-state index contributed by atoms with van der Waals surface area (Å²) in [6.07, 6.45) is 8.95. The number of ether oxygens (including phenoxy) is 5. The van der Waals surface area contributed by atoms with Crippen LogP contribution in [0.4, 0.5) is 0 Å². The van der Waals surface area contributed by atoms with Gasteiger partial charge in [0.05, 0.1) is 6.61 Å². The van der Waals surface area contributed by atoms with Gasteiger partial charge in [0.25, 0.3) is 0 Å². The molecule has 0 aromatic carbocycles. The third-order valence-electron chi connectivity index (χ3n) is 6.46. The molecule has 5 aliphatic rings. The standard InChI is InChI=1S/C18H28O6.C2H6/c19-15-14-13(22-17(23-14)9-5-2-6-10-17)11-20-18(15)12-21-16(24-18)7-3-1-4-8-16;1-2/h13-15,19H,1-12H2;1-2H3/t13-,14-,15?,18+;/m1./s1. The maximum Gasteiger partial charge on any atom is 0.224 e. The highest BCUT2D eigenvalue weighted by molar-refractivity contribution is 5.03. The minimum Gasteiger partial charge on any atom is -0.385 e. The van der Waals surface area contributed by atoms with Crippen molar-refractivity contribution in [2.24, 2.45) is 0 Å². The van der Waals surface area contributed by atoms with Gasteiger partial charge in [-0.25, -0.2) is 0 Å². The van der Waals surface area contributed by atoms with Crippen molar-refractivity contribution in [1.82, 2.24) is 0 Å². The largest absolute Gasteiger partial charge is 0.385 e. The summed E-state index contributed by atoms with van der Waals surface area (Å²) in [6, 6.07) is 0. The molecule has 1 N–H and O–H groups in total. The molecule has 5 fully saturated rings. The quantitative estimate of drug-likeness (QED) is 0.706. The molecule has 2 aliphatic carbocycles. The molecule has 0 aromatic heterocycles. The van der Waals surface area contributed by atoms with Gasteiger partial charge in [0.15, 0.2) is 11.6 Å². The molecule has 4 atom stereocenters. The molecule has 0 amide bonds. The molecule has 26 heavy (non-hydrogen) atoms. The number of hydrogen-bond donors (Lipinski definition) is 1. The third-order valence-corrected chi connectivity index (χ3v) is 6.46. The van der Waals surface area contributed by atoms with Crippen LogP contribution in [0.25, 0.3) is 0 Å². The summed E-state index contributed by atoms with van der Waals surface area (Å²) in [6.45, 7) is 4.66. The van der Waals surface area contributed by atoms with Crippen molar-refractivity contribution in [2.75, 3.05) is 13.2 Å². The van der Waals surface area contributed by atoms with Gasteiger partial charge in [0.1, 0.15) is 24.9 Å². The number of rotatable bonds is 0. The Hall–Kier alpha value is -0.240. The molecular weight excluding hydrogens is 336 g/mol. The monoisotopic (exact) mass is 370 g/mol. The highest BCUT2D eigenvalue weighted by Crippen LogP contribution is 2.50. The molecule has 6 heteroatoms. The predicted molar refractivity (Wildman–Crippen MR) is 94.5 cm³/mol. The Morgan fingerprint density at radius 1 is 0.769 bits per heavy atom. The number of hydrogen-bond acceptors (Lipinski definition) is 6. The Bertz CT molecular complexity index is 473. The maximum absolute atomic E-state index is 11.0. The second kappa shape index (κ2) is 7.30. The van der Waals surface area contributed by atoms with E-state index in [1.807, 2.05) is 13.8 Å². The van der Waals surface area contributed by atoms with Gasteiger partial charge in [-0.1, -0.05) is 26.7 Å². The second-order valence-corrected chi connectivity index (χ2v) is 8.14. The molecular formula is C20H34O6. The normalized spacial score (nSPS) is 43.3. The van der Waals surface area contributed by atoms with E-state index in [0.29, 0.717) is 6.61 Å². The summed E-state index contributed by atoms with van der Waals surface area (Å²) in [4.78, 5) is 0. The molecule has 0 radical (unpaired) electrons. The fourth-order valence-electron chi connectivity index (χ4n) is 5.14. The van der Waals surface area contributed by atoms with E-state index < -0.39 is 23.5 Å². The average Bonchev–Trinajstić information content (AvgIpc) is 3.22. The van der Waals surface area contributed by atoms with Crippen LogP contribution in [-0.2, 0) is 23.7 Å². The maximum atomic E-state index is 11.0. The summed E-state index contributed by atoms with van der Waals surface area (Å²) in [7, 11) is 0. The summed E-state index contributed by atoms with van der Waals surface area (Å²) >= 11 is 0. The first kappa shape index (κ1) is 19.1. The molecule has 6 nitrogen and oxygen atoms in total. The summed E-state index contributed by atoms with van der Waals surface area (Å²) in [5, 5.41) is 11.0. The summed E-state index contributed by atoms with van der Waals surface area (Å²) in [5.74, 6) is -2.19. The van der Waals surface area contributed by atoms with Crippen LogP contribution in [-0.4, -0.2) is 54.0 Å². The van der Waals surface area contributed by atoms with Crippen LogP contribution in [0.3, 0.4) is 0 Å². The van der Waals surface area contributed by atoms with Crippen LogP contribution in [0.15, 0.2) is 0 Å². The van der Waals surface area contributed by atoms with Gasteiger partial charge in [-0.15, -0.1) is 0 Å². The fraction of sp³-hybridized carbons (Fsp3) is 1.00. The van der Waals surface area contributed by atoms with E-state index >= 15 is 0 Å². The second-order valence-electron chi connectivity index (χ2n) is 8.14.